The molecule has 1 unspecified atom stereocenters. The van der Waals surface area contributed by atoms with E-state index in [2.05, 4.69) is 27.3 Å². The Labute approximate surface area is 192 Å². The second-order valence-corrected chi connectivity index (χ2v) is 8.37. The van der Waals surface area contributed by atoms with E-state index in [1.807, 2.05) is 42.5 Å². The summed E-state index contributed by atoms with van der Waals surface area (Å²) in [6, 6.07) is 13.7. The fourth-order valence-electron chi connectivity index (χ4n) is 4.24. The van der Waals surface area contributed by atoms with Gasteiger partial charge in [-0.25, -0.2) is 10.4 Å². The van der Waals surface area contributed by atoms with Gasteiger partial charge in [0.2, 0.25) is 11.8 Å². The summed E-state index contributed by atoms with van der Waals surface area (Å²) in [4.78, 5) is 18.7. The number of amides is 1. The molecule has 0 spiro atoms. The van der Waals surface area contributed by atoms with Crippen LogP contribution < -0.4 is 10.2 Å². The zero-order chi connectivity index (χ0) is 22.6. The molecule has 5 rings (SSSR count). The summed E-state index contributed by atoms with van der Waals surface area (Å²) in [5.74, 6) is 1.46. The van der Waals surface area contributed by atoms with Gasteiger partial charge in [0.1, 0.15) is 17.9 Å². The molecule has 2 aliphatic heterocycles. The van der Waals surface area contributed by atoms with Crippen molar-refractivity contribution in [1.82, 2.24) is 15.3 Å². The van der Waals surface area contributed by atoms with Gasteiger partial charge in [0, 0.05) is 43.1 Å². The first kappa shape index (κ1) is 21.6. The highest BCUT2D eigenvalue weighted by molar-refractivity contribution is 6.07. The molecule has 0 bridgehead atoms. The molecular weight excluding hydrogens is 420 g/mol. The van der Waals surface area contributed by atoms with Crippen LogP contribution in [0.5, 0.6) is 5.75 Å². The zero-order valence-electron chi connectivity index (χ0n) is 18.8. The van der Waals surface area contributed by atoms with Crippen LogP contribution in [-0.4, -0.2) is 61.0 Å². The number of hydrazone groups is 1. The lowest BCUT2D eigenvalue weighted by atomic mass is 9.90. The van der Waals surface area contributed by atoms with Crippen molar-refractivity contribution in [3.05, 3.63) is 48.0 Å². The Morgan fingerprint density at radius 2 is 1.91 bits per heavy atom. The van der Waals surface area contributed by atoms with Crippen LogP contribution in [0.2, 0.25) is 0 Å². The molecule has 3 heterocycles. The van der Waals surface area contributed by atoms with Crippen molar-refractivity contribution >= 4 is 22.7 Å². The number of carbonyl (C=O) groups excluding carboxylic acids is 1. The van der Waals surface area contributed by atoms with Crippen LogP contribution in [0.15, 0.2) is 52.0 Å². The van der Waals surface area contributed by atoms with Crippen molar-refractivity contribution in [3.8, 4) is 17.2 Å². The van der Waals surface area contributed by atoms with Gasteiger partial charge in [-0.05, 0) is 42.8 Å². The van der Waals surface area contributed by atoms with Crippen LogP contribution in [0.1, 0.15) is 25.3 Å². The minimum atomic E-state index is -0.0397. The highest BCUT2D eigenvalue weighted by atomic mass is 16.5. The monoisotopic (exact) mass is 448 g/mol. The molecule has 2 aliphatic rings. The Hall–Kier alpha value is -3.23. The summed E-state index contributed by atoms with van der Waals surface area (Å²) in [5, 5.41) is 4.30. The summed E-state index contributed by atoms with van der Waals surface area (Å²) in [5.41, 5.74) is 6.80. The number of hydrogen-bond acceptors (Lipinski definition) is 7. The van der Waals surface area contributed by atoms with E-state index in [0.29, 0.717) is 24.5 Å². The summed E-state index contributed by atoms with van der Waals surface area (Å²) >= 11 is 0. The fraction of sp³-hybridized carbons (Fsp3) is 0.400. The van der Waals surface area contributed by atoms with Crippen LogP contribution in [0.3, 0.4) is 0 Å². The Morgan fingerprint density at radius 3 is 2.70 bits per heavy atom. The Kier molecular flexibility index (Phi) is 6.37. The molecule has 0 saturated carbocycles. The highest BCUT2D eigenvalue weighted by Crippen LogP contribution is 2.28. The molecule has 1 N–H and O–H groups in total. The molecule has 1 saturated heterocycles. The second kappa shape index (κ2) is 9.72. The molecule has 1 fully saturated rings. The molecule has 8 nitrogen and oxygen atoms in total. The van der Waals surface area contributed by atoms with E-state index in [9.17, 15) is 4.79 Å². The number of morpholine rings is 1. The Bertz CT molecular complexity index is 1150. The van der Waals surface area contributed by atoms with Gasteiger partial charge in [0.25, 0.3) is 0 Å². The first-order chi connectivity index (χ1) is 16.2. The summed E-state index contributed by atoms with van der Waals surface area (Å²) < 4.78 is 17.3. The molecule has 1 atom stereocenters. The van der Waals surface area contributed by atoms with Crippen molar-refractivity contribution in [2.75, 3.05) is 39.5 Å². The fourth-order valence-corrected chi connectivity index (χ4v) is 4.24. The van der Waals surface area contributed by atoms with E-state index < -0.39 is 0 Å². The van der Waals surface area contributed by atoms with Crippen LogP contribution in [0, 0.1) is 5.92 Å². The van der Waals surface area contributed by atoms with Crippen molar-refractivity contribution in [1.29, 1.82) is 0 Å². The molecule has 33 heavy (non-hydrogen) atoms. The number of nitrogens with one attached hydrogen (secondary N) is 1. The largest absolute Gasteiger partial charge is 0.492 e. The Morgan fingerprint density at radius 1 is 1.12 bits per heavy atom. The second-order valence-electron chi connectivity index (χ2n) is 8.37. The van der Waals surface area contributed by atoms with Gasteiger partial charge in [-0.1, -0.05) is 13.0 Å². The average molecular weight is 449 g/mol. The lowest BCUT2D eigenvalue weighted by Crippen LogP contribution is -2.38. The van der Waals surface area contributed by atoms with E-state index in [1.165, 1.54) is 0 Å². The highest BCUT2D eigenvalue weighted by Gasteiger charge is 2.24. The Balaban J connectivity index is 1.27. The molecular formula is C25H28N4O4. The van der Waals surface area contributed by atoms with Gasteiger partial charge < -0.3 is 13.9 Å². The number of aromatic nitrogens is 1. The van der Waals surface area contributed by atoms with E-state index in [-0.39, 0.29) is 11.8 Å². The molecule has 2 aromatic carbocycles. The van der Waals surface area contributed by atoms with E-state index in [4.69, 9.17) is 13.9 Å². The van der Waals surface area contributed by atoms with Gasteiger partial charge in [-0.15, -0.1) is 0 Å². The van der Waals surface area contributed by atoms with Crippen LogP contribution >= 0.6 is 0 Å². The van der Waals surface area contributed by atoms with Gasteiger partial charge in [0.05, 0.1) is 18.9 Å². The molecule has 3 aromatic rings. The maximum Gasteiger partial charge on any atom is 0.240 e. The molecule has 172 valence electrons. The third-order valence-electron chi connectivity index (χ3n) is 6.18. The molecule has 1 amide bonds. The quantitative estimate of drug-likeness (QED) is 0.596. The maximum atomic E-state index is 11.7. The molecule has 0 radical (unpaired) electrons. The third-order valence-corrected chi connectivity index (χ3v) is 6.18. The third kappa shape index (κ3) is 4.91. The molecule has 0 aliphatic carbocycles. The SMILES string of the molecule is CCC1CC(=O)NN=C1c1ccc2nc(-c3ccc(OCCN4CCOCC4)cc3)oc2c1. The smallest absolute Gasteiger partial charge is 0.240 e. The van der Waals surface area contributed by atoms with Crippen molar-refractivity contribution in [2.45, 2.75) is 19.8 Å². The number of benzene rings is 2. The minimum absolute atomic E-state index is 0.0397. The lowest BCUT2D eigenvalue weighted by Gasteiger charge is -2.26. The van der Waals surface area contributed by atoms with E-state index >= 15 is 0 Å². The number of nitrogens with zero attached hydrogens (tertiary/aromatic N) is 3. The maximum absolute atomic E-state index is 11.7. The van der Waals surface area contributed by atoms with Crippen LogP contribution in [0.4, 0.5) is 0 Å². The number of ether oxygens (including phenoxy) is 2. The number of oxazole rings is 1. The predicted octanol–water partition coefficient (Wildman–Crippen LogP) is 3.46. The molecule has 8 heteroatoms. The first-order valence-electron chi connectivity index (χ1n) is 11.5. The lowest BCUT2D eigenvalue weighted by molar-refractivity contribution is -0.122. The predicted molar refractivity (Wildman–Crippen MR) is 125 cm³/mol. The van der Waals surface area contributed by atoms with Gasteiger partial charge in [-0.2, -0.15) is 5.10 Å². The van der Waals surface area contributed by atoms with E-state index in [1.54, 1.807) is 0 Å². The van der Waals surface area contributed by atoms with Crippen LogP contribution in [0.25, 0.3) is 22.6 Å². The zero-order valence-corrected chi connectivity index (χ0v) is 18.8. The van der Waals surface area contributed by atoms with E-state index in [0.717, 1.165) is 67.4 Å². The number of rotatable bonds is 7. The van der Waals surface area contributed by atoms with Crippen molar-refractivity contribution in [3.63, 3.8) is 0 Å². The number of fused-ring (bicyclic) bond motifs is 1. The summed E-state index contributed by atoms with van der Waals surface area (Å²) in [7, 11) is 0. The number of hydrogen-bond donors (Lipinski definition) is 1. The standard InChI is InChI=1S/C25H28N4O4/c1-2-17-16-23(30)27-28-24(17)19-5-8-21-22(15-19)33-25(26-21)18-3-6-20(7-4-18)32-14-11-29-9-12-31-13-10-29/h3-8,15,17H,2,9-14,16H2,1H3,(H,27,30). The molecule has 1 aromatic heterocycles. The normalized spacial score (nSPS) is 19.4. The summed E-state index contributed by atoms with van der Waals surface area (Å²) in [6.45, 7) is 7.13. The minimum Gasteiger partial charge on any atom is -0.492 e. The average Bonchev–Trinajstić information content (AvgIpc) is 3.28. The van der Waals surface area contributed by atoms with Gasteiger partial charge in [0.15, 0.2) is 5.58 Å². The van der Waals surface area contributed by atoms with Gasteiger partial charge in [-0.3, -0.25) is 9.69 Å². The first-order valence-corrected chi connectivity index (χ1v) is 11.5. The van der Waals surface area contributed by atoms with Crippen molar-refractivity contribution in [2.24, 2.45) is 11.0 Å². The number of carbonyl (C=O) groups is 1. The van der Waals surface area contributed by atoms with Crippen molar-refractivity contribution < 1.29 is 18.7 Å². The van der Waals surface area contributed by atoms with Gasteiger partial charge >= 0.3 is 0 Å². The topological polar surface area (TPSA) is 89.2 Å². The summed E-state index contributed by atoms with van der Waals surface area (Å²) in [6.07, 6.45) is 1.31. The van der Waals surface area contributed by atoms with Crippen LogP contribution in [-0.2, 0) is 9.53 Å².